The van der Waals surface area contributed by atoms with Crippen molar-refractivity contribution in [1.29, 1.82) is 0 Å². The van der Waals surface area contributed by atoms with Gasteiger partial charge in [0.15, 0.2) is 6.61 Å². The first-order valence-corrected chi connectivity index (χ1v) is 9.36. The van der Waals surface area contributed by atoms with Crippen LogP contribution in [-0.2, 0) is 19.6 Å². The monoisotopic (exact) mass is 363 g/mol. The SMILES string of the molecule is CCOC(=O)COc1ccc(S(=O)(=O)N[C@@H](C)c2ccccc2)cc1. The fraction of sp³-hybridized carbons (Fsp3) is 0.278. The minimum atomic E-state index is -3.66. The van der Waals surface area contributed by atoms with Crippen LogP contribution in [0.2, 0.25) is 0 Å². The van der Waals surface area contributed by atoms with Crippen LogP contribution in [0.15, 0.2) is 59.5 Å². The number of nitrogens with one attached hydrogen (secondary N) is 1. The zero-order valence-electron chi connectivity index (χ0n) is 14.1. The average molecular weight is 363 g/mol. The summed E-state index contributed by atoms with van der Waals surface area (Å²) < 4.78 is 37.5. The highest BCUT2D eigenvalue weighted by molar-refractivity contribution is 7.89. The zero-order valence-corrected chi connectivity index (χ0v) is 15.0. The van der Waals surface area contributed by atoms with Gasteiger partial charge < -0.3 is 9.47 Å². The third-order valence-corrected chi connectivity index (χ3v) is 4.98. The van der Waals surface area contributed by atoms with Gasteiger partial charge in [0.1, 0.15) is 5.75 Å². The third kappa shape index (κ3) is 5.58. The molecule has 0 aliphatic heterocycles. The van der Waals surface area contributed by atoms with Crippen molar-refractivity contribution in [2.75, 3.05) is 13.2 Å². The first-order chi connectivity index (χ1) is 11.9. The summed E-state index contributed by atoms with van der Waals surface area (Å²) in [6.07, 6.45) is 0. The Morgan fingerprint density at radius 1 is 1.08 bits per heavy atom. The molecular weight excluding hydrogens is 342 g/mol. The van der Waals surface area contributed by atoms with Gasteiger partial charge in [0.2, 0.25) is 10.0 Å². The lowest BCUT2D eigenvalue weighted by Gasteiger charge is -2.15. The number of sulfonamides is 1. The van der Waals surface area contributed by atoms with Crippen molar-refractivity contribution in [2.45, 2.75) is 24.8 Å². The van der Waals surface area contributed by atoms with Crippen LogP contribution >= 0.6 is 0 Å². The van der Waals surface area contributed by atoms with E-state index >= 15 is 0 Å². The Labute approximate surface area is 147 Å². The second-order valence-corrected chi connectivity index (χ2v) is 7.03. The maximum Gasteiger partial charge on any atom is 0.344 e. The molecule has 2 aromatic carbocycles. The van der Waals surface area contributed by atoms with E-state index < -0.39 is 16.0 Å². The smallest absolute Gasteiger partial charge is 0.344 e. The number of rotatable bonds is 8. The molecule has 0 amide bonds. The summed E-state index contributed by atoms with van der Waals surface area (Å²) in [4.78, 5) is 11.4. The van der Waals surface area contributed by atoms with Gasteiger partial charge in [-0.3, -0.25) is 0 Å². The molecule has 0 spiro atoms. The Balaban J connectivity index is 2.01. The predicted molar refractivity (Wildman–Crippen MR) is 93.7 cm³/mol. The van der Waals surface area contributed by atoms with Crippen LogP contribution in [0.1, 0.15) is 25.5 Å². The summed E-state index contributed by atoms with van der Waals surface area (Å²) in [6, 6.07) is 14.8. The predicted octanol–water partition coefficient (Wildman–Crippen LogP) is 2.67. The van der Waals surface area contributed by atoms with Crippen LogP contribution < -0.4 is 9.46 Å². The van der Waals surface area contributed by atoms with Crippen molar-refractivity contribution >= 4 is 16.0 Å². The lowest BCUT2D eigenvalue weighted by Crippen LogP contribution is -2.26. The standard InChI is InChI=1S/C18H21NO5S/c1-3-23-18(20)13-24-16-9-11-17(12-10-16)25(21,22)19-14(2)15-7-5-4-6-8-15/h4-12,14,19H,3,13H2,1-2H3/t14-/m0/s1. The summed E-state index contributed by atoms with van der Waals surface area (Å²) in [5, 5.41) is 0. The zero-order chi connectivity index (χ0) is 18.3. The van der Waals surface area contributed by atoms with E-state index in [2.05, 4.69) is 4.72 Å². The maximum atomic E-state index is 12.5. The van der Waals surface area contributed by atoms with Gasteiger partial charge in [0, 0.05) is 6.04 Å². The molecule has 0 radical (unpaired) electrons. The second kappa shape index (κ2) is 8.64. The van der Waals surface area contributed by atoms with Crippen LogP contribution in [0.5, 0.6) is 5.75 Å². The van der Waals surface area contributed by atoms with Crippen molar-refractivity contribution in [3.8, 4) is 5.75 Å². The quantitative estimate of drug-likeness (QED) is 0.729. The molecule has 0 bridgehead atoms. The fourth-order valence-electron chi connectivity index (χ4n) is 2.17. The Hall–Kier alpha value is -2.38. The van der Waals surface area contributed by atoms with Crippen molar-refractivity contribution in [2.24, 2.45) is 0 Å². The Bertz CT molecular complexity index is 788. The number of hydrogen-bond donors (Lipinski definition) is 1. The molecule has 0 saturated carbocycles. The second-order valence-electron chi connectivity index (χ2n) is 5.32. The molecule has 0 aromatic heterocycles. The van der Waals surface area contributed by atoms with Crippen molar-refractivity contribution in [3.63, 3.8) is 0 Å². The summed E-state index contributed by atoms with van der Waals surface area (Å²) in [7, 11) is -3.66. The molecule has 134 valence electrons. The largest absolute Gasteiger partial charge is 0.482 e. The van der Waals surface area contributed by atoms with Crippen molar-refractivity contribution < 1.29 is 22.7 Å². The molecule has 2 aromatic rings. The number of esters is 1. The van der Waals surface area contributed by atoms with E-state index in [1.165, 1.54) is 24.3 Å². The van der Waals surface area contributed by atoms with Crippen LogP contribution in [-0.4, -0.2) is 27.6 Å². The average Bonchev–Trinajstić information content (AvgIpc) is 2.61. The van der Waals surface area contributed by atoms with Gasteiger partial charge in [-0.1, -0.05) is 30.3 Å². The van der Waals surface area contributed by atoms with Crippen molar-refractivity contribution in [3.05, 3.63) is 60.2 Å². The number of benzene rings is 2. The molecule has 25 heavy (non-hydrogen) atoms. The number of carbonyl (C=O) groups excluding carboxylic acids is 1. The molecule has 1 atom stereocenters. The summed E-state index contributed by atoms with van der Waals surface area (Å²) >= 11 is 0. The third-order valence-electron chi connectivity index (χ3n) is 3.43. The van der Waals surface area contributed by atoms with E-state index in [1.807, 2.05) is 30.3 Å². The molecule has 0 fully saturated rings. The van der Waals surface area contributed by atoms with Gasteiger partial charge in [-0.15, -0.1) is 0 Å². The number of carbonyl (C=O) groups is 1. The highest BCUT2D eigenvalue weighted by Gasteiger charge is 2.18. The Kier molecular flexibility index (Phi) is 6.55. The molecule has 2 rings (SSSR count). The molecule has 0 aliphatic carbocycles. The number of ether oxygens (including phenoxy) is 2. The first kappa shape index (κ1) is 19.0. The van der Waals surface area contributed by atoms with Crippen LogP contribution in [0, 0.1) is 0 Å². The van der Waals surface area contributed by atoms with E-state index in [0.717, 1.165) is 5.56 Å². The summed E-state index contributed by atoms with van der Waals surface area (Å²) in [5.74, 6) is -0.0827. The Morgan fingerprint density at radius 3 is 2.32 bits per heavy atom. The molecule has 0 heterocycles. The lowest BCUT2D eigenvalue weighted by molar-refractivity contribution is -0.145. The molecule has 7 heteroatoms. The van der Waals surface area contributed by atoms with Gasteiger partial charge in [-0.25, -0.2) is 17.9 Å². The molecule has 1 N–H and O–H groups in total. The van der Waals surface area contributed by atoms with E-state index in [4.69, 9.17) is 9.47 Å². The molecule has 0 aliphatic rings. The lowest BCUT2D eigenvalue weighted by atomic mass is 10.1. The minimum absolute atomic E-state index is 0.124. The van der Waals surface area contributed by atoms with E-state index in [-0.39, 0.29) is 24.2 Å². The minimum Gasteiger partial charge on any atom is -0.482 e. The first-order valence-electron chi connectivity index (χ1n) is 7.88. The summed E-state index contributed by atoms with van der Waals surface area (Å²) in [5.41, 5.74) is 0.875. The van der Waals surface area contributed by atoms with E-state index in [1.54, 1.807) is 13.8 Å². The van der Waals surface area contributed by atoms with Crippen LogP contribution in [0.3, 0.4) is 0 Å². The van der Waals surface area contributed by atoms with Gasteiger partial charge in [0.05, 0.1) is 11.5 Å². The van der Waals surface area contributed by atoms with Crippen LogP contribution in [0.4, 0.5) is 0 Å². The molecule has 0 unspecified atom stereocenters. The number of hydrogen-bond acceptors (Lipinski definition) is 5. The van der Waals surface area contributed by atoms with Gasteiger partial charge >= 0.3 is 5.97 Å². The molecule has 6 nitrogen and oxygen atoms in total. The van der Waals surface area contributed by atoms with Gasteiger partial charge in [-0.05, 0) is 43.7 Å². The summed E-state index contributed by atoms with van der Waals surface area (Å²) in [6.45, 7) is 3.55. The van der Waals surface area contributed by atoms with Crippen molar-refractivity contribution in [1.82, 2.24) is 4.72 Å². The molecular formula is C18H21NO5S. The van der Waals surface area contributed by atoms with Gasteiger partial charge in [0.25, 0.3) is 0 Å². The highest BCUT2D eigenvalue weighted by Crippen LogP contribution is 2.19. The Morgan fingerprint density at radius 2 is 1.72 bits per heavy atom. The van der Waals surface area contributed by atoms with E-state index in [9.17, 15) is 13.2 Å². The van der Waals surface area contributed by atoms with Crippen LogP contribution in [0.25, 0.3) is 0 Å². The van der Waals surface area contributed by atoms with E-state index in [0.29, 0.717) is 5.75 Å². The normalized spacial score (nSPS) is 12.4. The topological polar surface area (TPSA) is 81.7 Å². The maximum absolute atomic E-state index is 12.5. The molecule has 0 saturated heterocycles. The fourth-order valence-corrected chi connectivity index (χ4v) is 3.40. The van der Waals surface area contributed by atoms with Gasteiger partial charge in [-0.2, -0.15) is 0 Å². The highest BCUT2D eigenvalue weighted by atomic mass is 32.2.